The zero-order valence-electron chi connectivity index (χ0n) is 18.4. The number of hydrogen-bond acceptors (Lipinski definition) is 6. The molecule has 2 aliphatic heterocycles. The summed E-state index contributed by atoms with van der Waals surface area (Å²) in [6, 6.07) is 0.519. The molecule has 1 aromatic rings. The van der Waals surface area contributed by atoms with Crippen molar-refractivity contribution < 1.29 is 14.1 Å². The topological polar surface area (TPSA) is 67.8 Å². The first-order valence-electron chi connectivity index (χ1n) is 10.9. The third-order valence-corrected chi connectivity index (χ3v) is 6.85. The Kier molecular flexibility index (Phi) is 5.36. The first-order chi connectivity index (χ1) is 13.7. The molecule has 0 N–H and O–H groups in total. The second kappa shape index (κ2) is 7.54. The predicted molar refractivity (Wildman–Crippen MR) is 113 cm³/mol. The lowest BCUT2D eigenvalue weighted by Gasteiger charge is -2.35. The largest absolute Gasteiger partial charge is 0.498 e. The fourth-order valence-corrected chi connectivity index (χ4v) is 4.14. The van der Waals surface area contributed by atoms with Crippen molar-refractivity contribution in [2.75, 3.05) is 24.5 Å². The number of piperidine rings is 1. The van der Waals surface area contributed by atoms with E-state index >= 15 is 0 Å². The molecule has 3 heterocycles. The number of amides is 1. The lowest BCUT2D eigenvalue weighted by molar-refractivity contribution is -0.130. The summed E-state index contributed by atoms with van der Waals surface area (Å²) in [6.45, 7) is 12.5. The maximum atomic E-state index is 11.8. The van der Waals surface area contributed by atoms with Gasteiger partial charge in [0, 0.05) is 50.5 Å². The molecule has 7 nitrogen and oxygen atoms in total. The van der Waals surface area contributed by atoms with Crippen LogP contribution in [0.2, 0.25) is 0 Å². The lowest BCUT2D eigenvalue weighted by Crippen LogP contribution is -2.44. The maximum Gasteiger partial charge on any atom is 0.498 e. The van der Waals surface area contributed by atoms with Crippen molar-refractivity contribution >= 4 is 24.4 Å². The number of rotatable bonds is 5. The minimum atomic E-state index is -0.439. The van der Waals surface area contributed by atoms with Crippen molar-refractivity contribution in [2.24, 2.45) is 5.92 Å². The summed E-state index contributed by atoms with van der Waals surface area (Å²) >= 11 is 0. The number of anilines is 1. The predicted octanol–water partition coefficient (Wildman–Crippen LogP) is 2.00. The number of nitrogens with zero attached hydrogens (tertiary/aromatic N) is 4. The van der Waals surface area contributed by atoms with Gasteiger partial charge >= 0.3 is 7.12 Å². The molecule has 0 unspecified atom stereocenters. The Morgan fingerprint density at radius 1 is 1.17 bits per heavy atom. The summed E-state index contributed by atoms with van der Waals surface area (Å²) in [5.41, 5.74) is 0.100. The summed E-state index contributed by atoms with van der Waals surface area (Å²) in [7, 11) is -0.439. The Morgan fingerprint density at radius 2 is 1.79 bits per heavy atom. The molecule has 0 spiro atoms. The third kappa shape index (κ3) is 4.28. The van der Waals surface area contributed by atoms with Gasteiger partial charge in [-0.15, -0.1) is 0 Å². The van der Waals surface area contributed by atoms with Crippen molar-refractivity contribution in [1.82, 2.24) is 14.9 Å². The zero-order valence-corrected chi connectivity index (χ0v) is 18.4. The van der Waals surface area contributed by atoms with Gasteiger partial charge in [0.25, 0.3) is 0 Å². The van der Waals surface area contributed by atoms with E-state index in [1.54, 1.807) is 6.92 Å². The summed E-state index contributed by atoms with van der Waals surface area (Å²) in [5.74, 6) is 1.42. The smallest absolute Gasteiger partial charge is 0.399 e. The molecule has 0 radical (unpaired) electrons. The van der Waals surface area contributed by atoms with E-state index in [9.17, 15) is 4.79 Å². The minimum Gasteiger partial charge on any atom is -0.399 e. The third-order valence-electron chi connectivity index (χ3n) is 6.85. The van der Waals surface area contributed by atoms with Crippen LogP contribution in [0, 0.1) is 5.92 Å². The van der Waals surface area contributed by atoms with Crippen LogP contribution in [0.3, 0.4) is 0 Å². The summed E-state index contributed by atoms with van der Waals surface area (Å²) < 4.78 is 12.2. The molecule has 0 aromatic carbocycles. The van der Waals surface area contributed by atoms with Crippen LogP contribution < -0.4 is 10.4 Å². The normalized spacial score (nSPS) is 25.9. The Balaban J connectivity index is 1.45. The van der Waals surface area contributed by atoms with E-state index in [4.69, 9.17) is 9.31 Å². The number of aromatic nitrogens is 2. The molecule has 3 fully saturated rings. The molecule has 1 atom stereocenters. The van der Waals surface area contributed by atoms with E-state index in [1.165, 1.54) is 12.8 Å². The van der Waals surface area contributed by atoms with Gasteiger partial charge in [0.1, 0.15) is 0 Å². The molecule has 1 aromatic heterocycles. The van der Waals surface area contributed by atoms with Crippen molar-refractivity contribution in [2.45, 2.75) is 77.5 Å². The SMILES string of the molecule is CC(=O)N1CCC[C@H](CN(c2ncc(B3OC(C)(C)C(C)(C)O3)cn2)C2CC2)C1. The highest BCUT2D eigenvalue weighted by Gasteiger charge is 2.52. The fraction of sp³-hybridized carbons (Fsp3) is 0.762. The van der Waals surface area contributed by atoms with Crippen molar-refractivity contribution in [1.29, 1.82) is 0 Å². The van der Waals surface area contributed by atoms with Gasteiger partial charge in [-0.25, -0.2) is 9.97 Å². The van der Waals surface area contributed by atoms with E-state index in [-0.39, 0.29) is 17.1 Å². The summed E-state index contributed by atoms with van der Waals surface area (Å²) in [5, 5.41) is 0. The van der Waals surface area contributed by atoms with Crippen LogP contribution in [-0.2, 0) is 14.1 Å². The molecule has 29 heavy (non-hydrogen) atoms. The van der Waals surface area contributed by atoms with Crippen LogP contribution in [0.15, 0.2) is 12.4 Å². The van der Waals surface area contributed by atoms with Crippen LogP contribution >= 0.6 is 0 Å². The molecule has 2 saturated heterocycles. The molecule has 4 rings (SSSR count). The van der Waals surface area contributed by atoms with Crippen LogP contribution in [-0.4, -0.2) is 64.8 Å². The maximum absolute atomic E-state index is 11.8. The van der Waals surface area contributed by atoms with Gasteiger partial charge in [0.05, 0.1) is 11.2 Å². The Bertz CT molecular complexity index is 735. The van der Waals surface area contributed by atoms with Gasteiger partial charge in [-0.05, 0) is 59.3 Å². The number of likely N-dealkylation sites (tertiary alicyclic amines) is 1. The molecule has 1 aliphatic carbocycles. The second-order valence-corrected chi connectivity index (χ2v) is 9.76. The van der Waals surface area contributed by atoms with E-state index in [0.29, 0.717) is 12.0 Å². The Morgan fingerprint density at radius 3 is 2.34 bits per heavy atom. The van der Waals surface area contributed by atoms with Crippen LogP contribution in [0.1, 0.15) is 60.3 Å². The molecule has 0 bridgehead atoms. The highest BCUT2D eigenvalue weighted by Crippen LogP contribution is 2.36. The number of hydrogen-bond donors (Lipinski definition) is 0. The minimum absolute atomic E-state index is 0.177. The highest BCUT2D eigenvalue weighted by molar-refractivity contribution is 6.61. The van der Waals surface area contributed by atoms with Gasteiger partial charge in [0.2, 0.25) is 11.9 Å². The standard InChI is InChI=1S/C21H33BN4O3/c1-15(27)25-10-6-7-16(13-25)14-26(18-8-9-18)19-23-11-17(12-24-19)22-28-20(2,3)21(4,5)29-22/h11-12,16,18H,6-10,13-14H2,1-5H3/t16-/m0/s1. The van der Waals surface area contributed by atoms with Gasteiger partial charge in [-0.2, -0.15) is 0 Å². The monoisotopic (exact) mass is 400 g/mol. The second-order valence-electron chi connectivity index (χ2n) is 9.76. The Labute approximate surface area is 174 Å². The molecule has 1 amide bonds. The van der Waals surface area contributed by atoms with Gasteiger partial charge in [-0.1, -0.05) is 0 Å². The molecule has 1 saturated carbocycles. The van der Waals surface area contributed by atoms with Crippen LogP contribution in [0.4, 0.5) is 5.95 Å². The molecule has 8 heteroatoms. The van der Waals surface area contributed by atoms with Gasteiger partial charge < -0.3 is 19.1 Å². The zero-order chi connectivity index (χ0) is 20.8. The van der Waals surface area contributed by atoms with Crippen LogP contribution in [0.25, 0.3) is 0 Å². The molecular weight excluding hydrogens is 367 g/mol. The average Bonchev–Trinajstić information content (AvgIpc) is 3.47. The van der Waals surface area contributed by atoms with E-state index < -0.39 is 7.12 Å². The van der Waals surface area contributed by atoms with Gasteiger partial charge in [-0.3, -0.25) is 4.79 Å². The molecule has 3 aliphatic rings. The van der Waals surface area contributed by atoms with Crippen molar-refractivity contribution in [3.05, 3.63) is 12.4 Å². The Hall–Kier alpha value is -1.67. The van der Waals surface area contributed by atoms with Crippen molar-refractivity contribution in [3.8, 4) is 0 Å². The van der Waals surface area contributed by atoms with Crippen LogP contribution in [0.5, 0.6) is 0 Å². The quantitative estimate of drug-likeness (QED) is 0.705. The van der Waals surface area contributed by atoms with E-state index in [2.05, 4.69) is 14.9 Å². The average molecular weight is 400 g/mol. The van der Waals surface area contributed by atoms with E-state index in [1.807, 2.05) is 45.0 Å². The first kappa shape index (κ1) is 20.6. The van der Waals surface area contributed by atoms with Crippen molar-refractivity contribution in [3.63, 3.8) is 0 Å². The van der Waals surface area contributed by atoms with E-state index in [0.717, 1.165) is 43.9 Å². The first-order valence-corrected chi connectivity index (χ1v) is 10.9. The molecule has 158 valence electrons. The fourth-order valence-electron chi connectivity index (χ4n) is 4.14. The number of carbonyl (C=O) groups is 1. The number of carbonyl (C=O) groups excluding carboxylic acids is 1. The molecular formula is C21H33BN4O3. The lowest BCUT2D eigenvalue weighted by atomic mass is 9.81. The highest BCUT2D eigenvalue weighted by atomic mass is 16.7. The summed E-state index contributed by atoms with van der Waals surface area (Å²) in [4.78, 5) is 25.4. The van der Waals surface area contributed by atoms with Gasteiger partial charge in [0.15, 0.2) is 0 Å². The summed E-state index contributed by atoms with van der Waals surface area (Å²) in [6.07, 6.45) is 8.27.